The fourth-order valence-electron chi connectivity index (χ4n) is 2.44. The fourth-order valence-corrected chi connectivity index (χ4v) is 2.44. The number of aryl methyl sites for hydroxylation is 1. The van der Waals surface area contributed by atoms with Crippen molar-refractivity contribution in [2.45, 2.75) is 31.8 Å². The Morgan fingerprint density at radius 2 is 2.33 bits per heavy atom. The van der Waals surface area contributed by atoms with Gasteiger partial charge in [0.15, 0.2) is 0 Å². The predicted molar refractivity (Wildman–Crippen MR) is 69.0 cm³/mol. The molecular formula is C13H18N2O3. The van der Waals surface area contributed by atoms with Gasteiger partial charge in [0.1, 0.15) is 5.75 Å². The minimum Gasteiger partial charge on any atom is -0.497 e. The molecule has 1 aliphatic heterocycles. The maximum atomic E-state index is 11.5. The molecule has 1 aromatic rings. The van der Waals surface area contributed by atoms with E-state index in [0.29, 0.717) is 18.5 Å². The van der Waals surface area contributed by atoms with E-state index in [1.807, 2.05) is 13.0 Å². The second-order valence-corrected chi connectivity index (χ2v) is 4.57. The van der Waals surface area contributed by atoms with Crippen molar-refractivity contribution in [3.63, 3.8) is 0 Å². The smallest absolute Gasteiger partial charge is 0.413 e. The van der Waals surface area contributed by atoms with Crippen molar-refractivity contribution in [1.82, 2.24) is 0 Å². The number of nitrogens with zero attached hydrogens (tertiary/aromatic N) is 1. The molecule has 0 radical (unpaired) electrons. The molecule has 1 amide bonds. The Morgan fingerprint density at radius 3 is 2.89 bits per heavy atom. The lowest BCUT2D eigenvalue weighted by Gasteiger charge is -2.43. The summed E-state index contributed by atoms with van der Waals surface area (Å²) in [5.41, 5.74) is 7.02. The molecule has 0 aromatic heterocycles. The van der Waals surface area contributed by atoms with E-state index in [0.717, 1.165) is 17.7 Å². The van der Waals surface area contributed by atoms with E-state index in [1.54, 1.807) is 19.2 Å². The summed E-state index contributed by atoms with van der Waals surface area (Å²) in [4.78, 5) is 12.7. The van der Waals surface area contributed by atoms with Crippen LogP contribution in [0.2, 0.25) is 0 Å². The number of methoxy groups -OCH3 is 1. The lowest BCUT2D eigenvalue weighted by Crippen LogP contribution is -2.60. The zero-order valence-electron chi connectivity index (χ0n) is 10.6. The highest BCUT2D eigenvalue weighted by Crippen LogP contribution is 2.37. The van der Waals surface area contributed by atoms with Crippen molar-refractivity contribution in [2.24, 2.45) is 5.73 Å². The SMILES string of the molecule is CCC1(N)CCc2cc(OC)ccc2N1C(=O)O. The van der Waals surface area contributed by atoms with Crippen molar-refractivity contribution in [1.29, 1.82) is 0 Å². The fraction of sp³-hybridized carbons (Fsp3) is 0.462. The summed E-state index contributed by atoms with van der Waals surface area (Å²) in [6, 6.07) is 5.40. The molecule has 0 fully saturated rings. The molecule has 1 aromatic carbocycles. The molecule has 98 valence electrons. The van der Waals surface area contributed by atoms with Gasteiger partial charge in [-0.2, -0.15) is 0 Å². The van der Waals surface area contributed by atoms with Gasteiger partial charge in [-0.25, -0.2) is 4.79 Å². The molecule has 1 unspecified atom stereocenters. The highest BCUT2D eigenvalue weighted by Gasteiger charge is 2.40. The second-order valence-electron chi connectivity index (χ2n) is 4.57. The van der Waals surface area contributed by atoms with Crippen molar-refractivity contribution >= 4 is 11.8 Å². The first-order valence-corrected chi connectivity index (χ1v) is 6.01. The maximum Gasteiger partial charge on any atom is 0.413 e. The van der Waals surface area contributed by atoms with Crippen molar-refractivity contribution < 1.29 is 14.6 Å². The predicted octanol–water partition coefficient (Wildman–Crippen LogP) is 2.19. The van der Waals surface area contributed by atoms with Crippen LogP contribution in [-0.4, -0.2) is 24.0 Å². The Hall–Kier alpha value is -1.75. The van der Waals surface area contributed by atoms with Crippen LogP contribution in [0.25, 0.3) is 0 Å². The Labute approximate surface area is 106 Å². The highest BCUT2D eigenvalue weighted by atomic mass is 16.5. The molecule has 1 aliphatic rings. The molecule has 0 saturated heterocycles. The summed E-state index contributed by atoms with van der Waals surface area (Å²) >= 11 is 0. The van der Waals surface area contributed by atoms with Gasteiger partial charge in [0, 0.05) is 0 Å². The number of fused-ring (bicyclic) bond motifs is 1. The molecule has 5 nitrogen and oxygen atoms in total. The lowest BCUT2D eigenvalue weighted by atomic mass is 9.89. The lowest BCUT2D eigenvalue weighted by molar-refractivity contribution is 0.187. The molecule has 0 aliphatic carbocycles. The first-order chi connectivity index (χ1) is 8.51. The number of amides is 1. The molecule has 1 atom stereocenters. The molecule has 0 bridgehead atoms. The van der Waals surface area contributed by atoms with Crippen LogP contribution >= 0.6 is 0 Å². The van der Waals surface area contributed by atoms with Gasteiger partial charge in [0.2, 0.25) is 0 Å². The topological polar surface area (TPSA) is 75.8 Å². The Bertz CT molecular complexity index is 475. The summed E-state index contributed by atoms with van der Waals surface area (Å²) in [5, 5.41) is 9.39. The van der Waals surface area contributed by atoms with Gasteiger partial charge in [-0.15, -0.1) is 0 Å². The van der Waals surface area contributed by atoms with Crippen LogP contribution in [0.1, 0.15) is 25.3 Å². The van der Waals surface area contributed by atoms with Crippen LogP contribution in [0.15, 0.2) is 18.2 Å². The number of ether oxygens (including phenoxy) is 1. The van der Waals surface area contributed by atoms with E-state index in [1.165, 1.54) is 4.90 Å². The first kappa shape index (κ1) is 12.7. The minimum absolute atomic E-state index is 0.588. The quantitative estimate of drug-likeness (QED) is 0.843. The zero-order chi connectivity index (χ0) is 13.3. The summed E-state index contributed by atoms with van der Waals surface area (Å²) in [5.74, 6) is 0.736. The third-order valence-electron chi connectivity index (χ3n) is 3.60. The molecule has 5 heteroatoms. The highest BCUT2D eigenvalue weighted by molar-refractivity contribution is 5.89. The van der Waals surface area contributed by atoms with Crippen LogP contribution in [0.3, 0.4) is 0 Å². The normalized spacial score (nSPS) is 22.5. The largest absolute Gasteiger partial charge is 0.497 e. The van der Waals surface area contributed by atoms with Crippen molar-refractivity contribution in [3.05, 3.63) is 23.8 Å². The van der Waals surface area contributed by atoms with Crippen molar-refractivity contribution in [3.8, 4) is 5.75 Å². The Kier molecular flexibility index (Phi) is 3.17. The van der Waals surface area contributed by atoms with Gasteiger partial charge in [0.05, 0.1) is 18.5 Å². The van der Waals surface area contributed by atoms with Gasteiger partial charge < -0.3 is 15.6 Å². The molecule has 3 N–H and O–H groups in total. The number of rotatable bonds is 2. The molecule has 0 saturated carbocycles. The van der Waals surface area contributed by atoms with Gasteiger partial charge >= 0.3 is 6.09 Å². The molecule has 2 rings (SSSR count). The van der Waals surface area contributed by atoms with Crippen LogP contribution in [0, 0.1) is 0 Å². The number of hydrogen-bond donors (Lipinski definition) is 2. The minimum atomic E-state index is -1.01. The second kappa shape index (κ2) is 4.49. The van der Waals surface area contributed by atoms with Crippen LogP contribution in [-0.2, 0) is 6.42 Å². The van der Waals surface area contributed by atoms with Gasteiger partial charge in [0.25, 0.3) is 0 Å². The van der Waals surface area contributed by atoms with E-state index >= 15 is 0 Å². The van der Waals surface area contributed by atoms with E-state index in [9.17, 15) is 9.90 Å². The third-order valence-corrected chi connectivity index (χ3v) is 3.60. The van der Waals surface area contributed by atoms with Crippen molar-refractivity contribution in [2.75, 3.05) is 12.0 Å². The first-order valence-electron chi connectivity index (χ1n) is 6.01. The zero-order valence-corrected chi connectivity index (χ0v) is 10.6. The number of carbonyl (C=O) groups is 1. The number of nitrogens with two attached hydrogens (primary N) is 1. The average molecular weight is 250 g/mol. The number of anilines is 1. The molecule has 1 heterocycles. The van der Waals surface area contributed by atoms with Crippen LogP contribution in [0.4, 0.5) is 10.5 Å². The number of hydrogen-bond acceptors (Lipinski definition) is 3. The summed E-state index contributed by atoms with van der Waals surface area (Å²) in [6.45, 7) is 1.91. The molecular weight excluding hydrogens is 232 g/mol. The van der Waals surface area contributed by atoms with Crippen LogP contribution in [0.5, 0.6) is 5.75 Å². The summed E-state index contributed by atoms with van der Waals surface area (Å²) in [6.07, 6.45) is 0.965. The standard InChI is InChI=1S/C13H18N2O3/c1-3-13(14)7-6-9-8-10(18-2)4-5-11(9)15(13)12(16)17/h4-5,8H,3,6-7,14H2,1-2H3,(H,16,17). The van der Waals surface area contributed by atoms with Crippen LogP contribution < -0.4 is 15.4 Å². The summed E-state index contributed by atoms with van der Waals surface area (Å²) in [7, 11) is 1.60. The third kappa shape index (κ3) is 1.90. The van der Waals surface area contributed by atoms with E-state index < -0.39 is 11.8 Å². The van der Waals surface area contributed by atoms with Gasteiger partial charge in [-0.3, -0.25) is 4.90 Å². The molecule has 0 spiro atoms. The average Bonchev–Trinajstić information content (AvgIpc) is 2.37. The van der Waals surface area contributed by atoms with Gasteiger partial charge in [-0.05, 0) is 43.0 Å². The maximum absolute atomic E-state index is 11.5. The van der Waals surface area contributed by atoms with Gasteiger partial charge in [-0.1, -0.05) is 6.92 Å². The number of benzene rings is 1. The Balaban J connectivity index is 2.50. The monoisotopic (exact) mass is 250 g/mol. The van der Waals surface area contributed by atoms with E-state index in [4.69, 9.17) is 10.5 Å². The van der Waals surface area contributed by atoms with E-state index in [-0.39, 0.29) is 0 Å². The molecule has 18 heavy (non-hydrogen) atoms. The van der Waals surface area contributed by atoms with E-state index in [2.05, 4.69) is 0 Å². The summed E-state index contributed by atoms with van der Waals surface area (Å²) < 4.78 is 5.16. The Morgan fingerprint density at radius 1 is 1.61 bits per heavy atom. The number of carboxylic acid groups (broad SMARTS) is 1.